The van der Waals surface area contributed by atoms with Crippen LogP contribution in [-0.4, -0.2) is 30.0 Å². The van der Waals surface area contributed by atoms with Gasteiger partial charge in [0.1, 0.15) is 11.6 Å². The highest BCUT2D eigenvalue weighted by molar-refractivity contribution is 7.85. The molecule has 3 aromatic carbocycles. The van der Waals surface area contributed by atoms with Crippen LogP contribution in [0.5, 0.6) is 5.75 Å². The lowest BCUT2D eigenvalue weighted by Gasteiger charge is -2.34. The molecule has 1 aliphatic heterocycles. The van der Waals surface area contributed by atoms with E-state index in [0.717, 1.165) is 41.0 Å². The van der Waals surface area contributed by atoms with Gasteiger partial charge in [-0.2, -0.15) is 26.0 Å². The van der Waals surface area contributed by atoms with Crippen molar-refractivity contribution in [1.82, 2.24) is 9.97 Å². The van der Waals surface area contributed by atoms with Crippen LogP contribution in [-0.2, 0) is 16.3 Å². The zero-order valence-corrected chi connectivity index (χ0v) is 23.3. The van der Waals surface area contributed by atoms with Crippen LogP contribution in [0.4, 0.5) is 28.5 Å². The highest BCUT2D eigenvalue weighted by Crippen LogP contribution is 2.44. The number of nitrogens with two attached hydrogens (primary N) is 1. The topological polar surface area (TPSA) is 122 Å². The number of ether oxygens (including phenoxy) is 1. The number of nitrogens with zero attached hydrogens (tertiary/aromatic N) is 2. The fourth-order valence-electron chi connectivity index (χ4n) is 4.57. The highest BCUT2D eigenvalue weighted by atomic mass is 32.2. The van der Waals surface area contributed by atoms with Crippen molar-refractivity contribution in [3.63, 3.8) is 0 Å². The average molecular weight is 619 g/mol. The summed E-state index contributed by atoms with van der Waals surface area (Å²) in [6.45, 7) is 0. The first-order valence-electron chi connectivity index (χ1n) is 12.1. The molecule has 6 rings (SSSR count). The minimum atomic E-state index is -4.58. The lowest BCUT2D eigenvalue weighted by atomic mass is 9.90. The lowest BCUT2D eigenvalue weighted by Crippen LogP contribution is -2.28. The number of hydrogen-bond acceptors (Lipinski definition) is 7. The van der Waals surface area contributed by atoms with E-state index in [1.54, 1.807) is 4.90 Å². The number of para-hydroxylation sites is 1. The van der Waals surface area contributed by atoms with Crippen molar-refractivity contribution < 1.29 is 35.3 Å². The molecule has 2 aromatic heterocycles. The van der Waals surface area contributed by atoms with Gasteiger partial charge in [-0.25, -0.2) is 4.98 Å². The number of H-pyrrole nitrogens is 1. The number of anilines is 2. The summed E-state index contributed by atoms with van der Waals surface area (Å²) >= 11 is 0.736. The van der Waals surface area contributed by atoms with Gasteiger partial charge in [0, 0.05) is 22.7 Å². The Bertz CT molecular complexity index is 1870. The summed E-state index contributed by atoms with van der Waals surface area (Å²) in [6.07, 6.45) is -0.517. The number of aromatic nitrogens is 2. The monoisotopic (exact) mass is 618 g/mol. The predicted molar refractivity (Wildman–Crippen MR) is 152 cm³/mol. The second-order valence-corrected chi connectivity index (χ2v) is 11.5. The number of halogens is 4. The van der Waals surface area contributed by atoms with Gasteiger partial charge >= 0.3 is 6.18 Å². The normalized spacial score (nSPS) is 14.8. The van der Waals surface area contributed by atoms with E-state index < -0.39 is 33.0 Å². The Morgan fingerprint density at radius 1 is 1.07 bits per heavy atom. The first-order chi connectivity index (χ1) is 19.8. The molecule has 0 saturated carbocycles. The highest BCUT2D eigenvalue weighted by Gasteiger charge is 2.35. The van der Waals surface area contributed by atoms with Gasteiger partial charge < -0.3 is 20.4 Å². The maximum atomic E-state index is 13.7. The Morgan fingerprint density at radius 3 is 2.45 bits per heavy atom. The van der Waals surface area contributed by atoms with Crippen LogP contribution in [0.2, 0.25) is 0 Å². The fraction of sp³-hybridized carbons (Fsp3) is 0.107. The van der Waals surface area contributed by atoms with Crippen LogP contribution in [0.1, 0.15) is 28.3 Å². The van der Waals surface area contributed by atoms with Gasteiger partial charge in [0.25, 0.3) is 10.1 Å². The quantitative estimate of drug-likeness (QED) is 0.148. The Hall–Kier alpha value is -4.40. The number of alkyl halides is 3. The maximum Gasteiger partial charge on any atom is 0.416 e. The van der Waals surface area contributed by atoms with Crippen molar-refractivity contribution in [3.8, 4) is 5.75 Å². The molecule has 1 aliphatic rings. The Balaban J connectivity index is 0.000000295. The van der Waals surface area contributed by atoms with E-state index in [0.29, 0.717) is 16.7 Å². The smallest absolute Gasteiger partial charge is 0.416 e. The van der Waals surface area contributed by atoms with Gasteiger partial charge in [-0.15, -0.1) is 0 Å². The number of thiazole rings is 1. The van der Waals surface area contributed by atoms with Crippen molar-refractivity contribution >= 4 is 49.4 Å². The molecule has 0 saturated heterocycles. The van der Waals surface area contributed by atoms with E-state index in [2.05, 4.69) is 9.97 Å². The number of hydrogen-bond donors (Lipinski definition) is 3. The second kappa shape index (κ2) is 11.1. The number of nitrogen functional groups attached to an aromatic ring is 1. The molecule has 5 aromatic rings. The van der Waals surface area contributed by atoms with Gasteiger partial charge in [0.15, 0.2) is 10.3 Å². The Kier molecular flexibility index (Phi) is 7.70. The number of aromatic amines is 1. The van der Waals surface area contributed by atoms with Gasteiger partial charge in [-0.1, -0.05) is 41.7 Å². The molecule has 0 radical (unpaired) electrons. The SMILES string of the molecule is COc1cc(C(F)(F)F)ccc1C1c2ccc(S(=O)(=O)O)cc2C=CN1c1ncc(F)s1.Nc1cc2ccccc2[nH]1. The zero-order valence-electron chi connectivity index (χ0n) is 21.6. The summed E-state index contributed by atoms with van der Waals surface area (Å²) in [6, 6.07) is 16.0. The summed E-state index contributed by atoms with van der Waals surface area (Å²) in [5.41, 5.74) is 6.95. The molecular formula is C28H22F4N4O4S2. The largest absolute Gasteiger partial charge is 0.496 e. The standard InChI is InChI=1S/C20H14F4N2O4S2.C8H8N2/c1-30-16-9-12(20(22,23)24)2-4-15(16)18-14-5-3-13(32(27,28)29)8-11(14)6-7-26(18)19-25-10-17(21)31-19;9-8-5-6-3-1-2-4-7(6)10-8/h2-10,18H,1H3,(H,27,28,29);1-5,10H,9H2. The van der Waals surface area contributed by atoms with Gasteiger partial charge in [0.05, 0.1) is 29.8 Å². The molecule has 4 N–H and O–H groups in total. The van der Waals surface area contributed by atoms with Crippen molar-refractivity contribution in [3.05, 3.63) is 107 Å². The third-order valence-corrected chi connectivity index (χ3v) is 8.08. The molecule has 3 heterocycles. The van der Waals surface area contributed by atoms with Gasteiger partial charge in [0.2, 0.25) is 0 Å². The van der Waals surface area contributed by atoms with Crippen molar-refractivity contribution in [2.45, 2.75) is 17.1 Å². The van der Waals surface area contributed by atoms with E-state index in [-0.39, 0.29) is 15.8 Å². The van der Waals surface area contributed by atoms with E-state index in [1.165, 1.54) is 49.0 Å². The first kappa shape index (κ1) is 29.1. The number of benzene rings is 3. The third-order valence-electron chi connectivity index (χ3n) is 6.44. The fourth-order valence-corrected chi connectivity index (χ4v) is 5.74. The van der Waals surface area contributed by atoms with Crippen LogP contribution < -0.4 is 15.4 Å². The van der Waals surface area contributed by atoms with Crippen LogP contribution in [0.3, 0.4) is 0 Å². The number of nitrogens with one attached hydrogen (secondary N) is 1. The number of fused-ring (bicyclic) bond motifs is 2. The summed E-state index contributed by atoms with van der Waals surface area (Å²) in [7, 11) is -3.24. The summed E-state index contributed by atoms with van der Waals surface area (Å²) in [5.74, 6) is 0.660. The minimum Gasteiger partial charge on any atom is -0.496 e. The van der Waals surface area contributed by atoms with Gasteiger partial charge in [-0.05, 0) is 53.6 Å². The van der Waals surface area contributed by atoms with Crippen LogP contribution in [0.25, 0.3) is 17.0 Å². The first-order valence-corrected chi connectivity index (χ1v) is 14.4. The van der Waals surface area contributed by atoms with Crippen LogP contribution >= 0.6 is 11.3 Å². The van der Waals surface area contributed by atoms with Gasteiger partial charge in [-0.3, -0.25) is 4.55 Å². The molecule has 0 amide bonds. The Labute approximate surface area is 241 Å². The molecular weight excluding hydrogens is 596 g/mol. The molecule has 218 valence electrons. The van der Waals surface area contributed by atoms with Crippen LogP contribution in [0.15, 0.2) is 84.0 Å². The van der Waals surface area contributed by atoms with E-state index in [1.807, 2.05) is 30.3 Å². The molecule has 0 spiro atoms. The van der Waals surface area contributed by atoms with E-state index in [9.17, 15) is 30.5 Å². The Morgan fingerprint density at radius 2 is 1.81 bits per heavy atom. The second-order valence-electron chi connectivity index (χ2n) is 9.10. The lowest BCUT2D eigenvalue weighted by molar-refractivity contribution is -0.137. The zero-order chi connectivity index (χ0) is 30.2. The predicted octanol–water partition coefficient (Wildman–Crippen LogP) is 6.89. The molecule has 42 heavy (non-hydrogen) atoms. The average Bonchev–Trinajstić information content (AvgIpc) is 3.55. The molecule has 0 fully saturated rings. The molecule has 0 bridgehead atoms. The molecule has 8 nitrogen and oxygen atoms in total. The van der Waals surface area contributed by atoms with Crippen molar-refractivity contribution in [2.75, 3.05) is 17.7 Å². The summed E-state index contributed by atoms with van der Waals surface area (Å²) in [5, 5.41) is 0.842. The van der Waals surface area contributed by atoms with E-state index >= 15 is 0 Å². The molecule has 1 atom stereocenters. The third kappa shape index (κ3) is 5.95. The summed E-state index contributed by atoms with van der Waals surface area (Å²) in [4.78, 5) is 8.26. The number of rotatable bonds is 4. The number of methoxy groups -OCH3 is 1. The molecule has 14 heteroatoms. The van der Waals surface area contributed by atoms with Crippen molar-refractivity contribution in [2.24, 2.45) is 0 Å². The summed E-state index contributed by atoms with van der Waals surface area (Å²) < 4.78 is 91.0. The maximum absolute atomic E-state index is 13.7. The minimum absolute atomic E-state index is 0.0630. The molecule has 0 aliphatic carbocycles. The van der Waals surface area contributed by atoms with Crippen molar-refractivity contribution in [1.29, 1.82) is 0 Å². The van der Waals surface area contributed by atoms with E-state index in [4.69, 9.17) is 10.5 Å². The van der Waals surface area contributed by atoms with Crippen LogP contribution in [0, 0.1) is 5.13 Å². The molecule has 1 unspecified atom stereocenters.